The van der Waals surface area contributed by atoms with E-state index < -0.39 is 0 Å². The van der Waals surface area contributed by atoms with Gasteiger partial charge in [0.2, 0.25) is 0 Å². The van der Waals surface area contributed by atoms with Gasteiger partial charge in [-0.1, -0.05) is 140 Å². The maximum absolute atomic E-state index is 6.33. The number of hydrogen-bond donors (Lipinski definition) is 0. The van der Waals surface area contributed by atoms with Gasteiger partial charge in [-0.25, -0.2) is 0 Å². The van der Waals surface area contributed by atoms with Gasteiger partial charge in [-0.05, 0) is 118 Å². The first kappa shape index (κ1) is 30.9. The molecule has 256 valence electrons. The minimum atomic E-state index is -0.314. The molecule has 2 nitrogen and oxygen atoms in total. The summed E-state index contributed by atoms with van der Waals surface area (Å²) in [5.41, 5.74) is 17.6. The molecule has 0 aliphatic heterocycles. The van der Waals surface area contributed by atoms with E-state index in [0.717, 1.165) is 39.0 Å². The maximum Gasteiger partial charge on any atom is 0.135 e. The van der Waals surface area contributed by atoms with Crippen LogP contribution in [0.5, 0.6) is 0 Å². The van der Waals surface area contributed by atoms with Crippen molar-refractivity contribution < 1.29 is 4.42 Å². The molecule has 11 rings (SSSR count). The van der Waals surface area contributed by atoms with E-state index in [9.17, 15) is 0 Å². The third-order valence-electron chi connectivity index (χ3n) is 12.4. The van der Waals surface area contributed by atoms with E-state index >= 15 is 0 Å². The summed E-state index contributed by atoms with van der Waals surface area (Å²) in [6, 6.07) is 69.0. The van der Waals surface area contributed by atoms with Crippen LogP contribution in [0.3, 0.4) is 0 Å². The molecule has 0 amide bonds. The highest BCUT2D eigenvalue weighted by Gasteiger charge is 2.43. The third-order valence-corrected chi connectivity index (χ3v) is 12.4. The van der Waals surface area contributed by atoms with Gasteiger partial charge in [-0.15, -0.1) is 0 Å². The number of para-hydroxylation sites is 1. The van der Waals surface area contributed by atoms with Crippen LogP contribution in [0.4, 0.5) is 17.1 Å². The zero-order chi connectivity index (χ0) is 36.0. The van der Waals surface area contributed by atoms with Crippen molar-refractivity contribution in [2.75, 3.05) is 4.90 Å². The predicted molar refractivity (Wildman–Crippen MR) is 223 cm³/mol. The molecule has 1 aromatic heterocycles. The van der Waals surface area contributed by atoms with E-state index in [-0.39, 0.29) is 10.8 Å². The quantitative estimate of drug-likeness (QED) is 0.179. The van der Waals surface area contributed by atoms with Crippen molar-refractivity contribution in [3.63, 3.8) is 0 Å². The molecule has 0 saturated heterocycles. The second-order valence-electron chi connectivity index (χ2n) is 15.1. The normalized spacial score (nSPS) is 18.0. The summed E-state index contributed by atoms with van der Waals surface area (Å²) in [5, 5.41) is 2.23. The first-order valence-electron chi connectivity index (χ1n) is 18.8. The van der Waals surface area contributed by atoms with E-state index in [1.165, 1.54) is 55.6 Å². The lowest BCUT2D eigenvalue weighted by Crippen LogP contribution is -2.23. The maximum atomic E-state index is 6.33. The molecular weight excluding hydrogens is 655 g/mol. The van der Waals surface area contributed by atoms with E-state index in [4.69, 9.17) is 4.42 Å². The van der Waals surface area contributed by atoms with Gasteiger partial charge >= 0.3 is 0 Å². The van der Waals surface area contributed by atoms with Gasteiger partial charge in [0.1, 0.15) is 11.2 Å². The molecule has 2 atom stereocenters. The highest BCUT2D eigenvalue weighted by Crippen LogP contribution is 2.56. The van der Waals surface area contributed by atoms with Crippen LogP contribution in [0.25, 0.3) is 44.2 Å². The summed E-state index contributed by atoms with van der Waals surface area (Å²) in [5.74, 6) is 0. The Bertz CT molecular complexity index is 2780. The zero-order valence-electron chi connectivity index (χ0n) is 30.3. The molecule has 8 aromatic carbocycles. The Morgan fingerprint density at radius 1 is 0.352 bits per heavy atom. The van der Waals surface area contributed by atoms with Crippen molar-refractivity contribution in [3.8, 4) is 22.3 Å². The predicted octanol–water partition coefficient (Wildman–Crippen LogP) is 13.7. The summed E-state index contributed by atoms with van der Waals surface area (Å²) in [6.45, 7) is 4.78. The number of furan rings is 1. The van der Waals surface area contributed by atoms with E-state index in [1.807, 2.05) is 6.07 Å². The van der Waals surface area contributed by atoms with Crippen LogP contribution in [0, 0.1) is 0 Å². The fourth-order valence-corrected chi connectivity index (χ4v) is 9.70. The average molecular weight is 692 g/mol. The van der Waals surface area contributed by atoms with Crippen LogP contribution in [0.15, 0.2) is 192 Å². The molecule has 0 fully saturated rings. The lowest BCUT2D eigenvalue weighted by molar-refractivity contribution is 0.669. The number of anilines is 3. The van der Waals surface area contributed by atoms with Gasteiger partial charge in [-0.2, -0.15) is 0 Å². The highest BCUT2D eigenvalue weighted by atomic mass is 16.3. The van der Waals surface area contributed by atoms with E-state index in [1.54, 1.807) is 0 Å². The smallest absolute Gasteiger partial charge is 0.135 e. The van der Waals surface area contributed by atoms with Gasteiger partial charge < -0.3 is 9.32 Å². The van der Waals surface area contributed by atoms with Crippen LogP contribution in [0.1, 0.15) is 47.2 Å². The second-order valence-corrected chi connectivity index (χ2v) is 15.1. The SMILES string of the molecule is CC1(c2ccccc2)c2ccccc2-c2ccc(N(c3ccc4c(c3)C(C)(c3ccccc3)c3ccccc3-4)c3ccc4oc5ccccc5c4c3)cc21. The van der Waals surface area contributed by atoms with Gasteiger partial charge in [0.25, 0.3) is 0 Å². The van der Waals surface area contributed by atoms with Crippen LogP contribution in [0.2, 0.25) is 0 Å². The highest BCUT2D eigenvalue weighted by molar-refractivity contribution is 6.06. The average Bonchev–Trinajstić information content (AvgIpc) is 3.83. The zero-order valence-corrected chi connectivity index (χ0v) is 30.3. The van der Waals surface area contributed by atoms with Crippen molar-refractivity contribution >= 4 is 39.0 Å². The summed E-state index contributed by atoms with van der Waals surface area (Å²) in [7, 11) is 0. The lowest BCUT2D eigenvalue weighted by atomic mass is 9.74. The van der Waals surface area contributed by atoms with Crippen molar-refractivity contribution in [3.05, 3.63) is 221 Å². The Balaban J connectivity index is 1.17. The van der Waals surface area contributed by atoms with Gasteiger partial charge in [-0.3, -0.25) is 0 Å². The van der Waals surface area contributed by atoms with Crippen LogP contribution in [-0.2, 0) is 10.8 Å². The Morgan fingerprint density at radius 3 is 1.35 bits per heavy atom. The summed E-state index contributed by atoms with van der Waals surface area (Å²) >= 11 is 0. The van der Waals surface area contributed by atoms with E-state index in [0.29, 0.717) is 0 Å². The van der Waals surface area contributed by atoms with Crippen molar-refractivity contribution in [2.45, 2.75) is 24.7 Å². The summed E-state index contributed by atoms with van der Waals surface area (Å²) in [4.78, 5) is 2.45. The number of hydrogen-bond acceptors (Lipinski definition) is 2. The molecule has 1 heterocycles. The third kappa shape index (κ3) is 4.22. The lowest BCUT2D eigenvalue weighted by Gasteiger charge is -2.32. The fourth-order valence-electron chi connectivity index (χ4n) is 9.70. The fraction of sp³-hybridized carbons (Fsp3) is 0.0769. The molecule has 2 heteroatoms. The van der Waals surface area contributed by atoms with Crippen molar-refractivity contribution in [1.29, 1.82) is 0 Å². The van der Waals surface area contributed by atoms with Gasteiger partial charge in [0.05, 0.1) is 0 Å². The van der Waals surface area contributed by atoms with Crippen LogP contribution < -0.4 is 4.90 Å². The molecule has 2 unspecified atom stereocenters. The van der Waals surface area contributed by atoms with E-state index in [2.05, 4.69) is 201 Å². The Hall–Kier alpha value is -6.64. The van der Waals surface area contributed by atoms with Crippen LogP contribution >= 0.6 is 0 Å². The molecule has 0 spiro atoms. The standard InChI is InChI=1S/C52H37NO/c1-51(34-15-5-3-6-16-34)45-22-12-9-19-39(45)41-28-25-37(32-47(41)51)53(36-27-30-50-44(31-36)43-21-11-14-24-49(43)54-50)38-26-29-42-40-20-10-13-23-46(40)52(2,48(42)33-38)35-17-7-4-8-18-35/h3-33H,1-2H3. The summed E-state index contributed by atoms with van der Waals surface area (Å²) in [6.07, 6.45) is 0. The molecule has 0 bridgehead atoms. The molecule has 54 heavy (non-hydrogen) atoms. The van der Waals surface area contributed by atoms with Crippen molar-refractivity contribution in [1.82, 2.24) is 0 Å². The number of rotatable bonds is 5. The monoisotopic (exact) mass is 691 g/mol. The topological polar surface area (TPSA) is 16.4 Å². The first-order valence-corrected chi connectivity index (χ1v) is 18.8. The number of nitrogens with zero attached hydrogens (tertiary/aromatic N) is 1. The Labute approximate surface area is 315 Å². The van der Waals surface area contributed by atoms with Gasteiger partial charge in [0, 0.05) is 38.7 Å². The molecular formula is C52H37NO. The second kappa shape index (κ2) is 11.4. The Kier molecular flexibility index (Phi) is 6.55. The minimum absolute atomic E-state index is 0.314. The molecule has 9 aromatic rings. The molecule has 0 N–H and O–H groups in total. The van der Waals surface area contributed by atoms with Crippen LogP contribution in [-0.4, -0.2) is 0 Å². The number of fused-ring (bicyclic) bond motifs is 9. The molecule has 2 aliphatic carbocycles. The number of benzene rings is 8. The van der Waals surface area contributed by atoms with Gasteiger partial charge in [0.15, 0.2) is 0 Å². The molecule has 0 saturated carbocycles. The van der Waals surface area contributed by atoms with Crippen molar-refractivity contribution in [2.24, 2.45) is 0 Å². The first-order chi connectivity index (χ1) is 26.5. The largest absolute Gasteiger partial charge is 0.456 e. The summed E-state index contributed by atoms with van der Waals surface area (Å²) < 4.78 is 6.33. The molecule has 0 radical (unpaired) electrons. The minimum Gasteiger partial charge on any atom is -0.456 e. The Morgan fingerprint density at radius 2 is 0.778 bits per heavy atom. The molecule has 2 aliphatic rings.